The van der Waals surface area contributed by atoms with E-state index >= 15 is 0 Å². The topological polar surface area (TPSA) is 24.9 Å². The third-order valence-electron chi connectivity index (χ3n) is 5.98. The molecule has 0 radical (unpaired) electrons. The fourth-order valence-electron chi connectivity index (χ4n) is 3.52. The van der Waals surface area contributed by atoms with Crippen LogP contribution in [0.5, 0.6) is 0 Å². The second-order valence-electron chi connectivity index (χ2n) is 10.4. The van der Waals surface area contributed by atoms with Crippen LogP contribution in [-0.2, 0) is 0 Å². The average molecular weight is 491 g/mol. The van der Waals surface area contributed by atoms with Gasteiger partial charge in [-0.3, -0.25) is 4.98 Å². The summed E-state index contributed by atoms with van der Waals surface area (Å²) in [4.78, 5) is 4.04. The molecule has 1 aliphatic carbocycles. The number of benzene rings is 2. The lowest BCUT2D eigenvalue weighted by Crippen LogP contribution is -2.20. The average Bonchev–Trinajstić information content (AvgIpc) is 3.34. The molecular formula is C34H54N2. The first kappa shape index (κ1) is 33.5. The highest BCUT2D eigenvalue weighted by Crippen LogP contribution is 2.16. The summed E-state index contributed by atoms with van der Waals surface area (Å²) in [5.74, 6) is 0.884. The standard InChI is InChI=1S/2C8H10.C7H9N.C6H13N.C5H12/c2*1-7-4-3-5-8(2)6-7;1-6-3-4-8-7(2)5-6;1-7-6-4-2-3-5-6;1-4-5(2)3/h2*3-6H,1-2H3;3-5H,1-2H3;6-7H,2-5H2,1H3;5H,4H2,1-3H3. The van der Waals surface area contributed by atoms with E-state index in [-0.39, 0.29) is 0 Å². The molecule has 3 aromatic rings. The Bertz CT molecular complexity index is 769. The highest BCUT2D eigenvalue weighted by molar-refractivity contribution is 5.21. The molecule has 1 aliphatic rings. The minimum absolute atomic E-state index is 0.847. The predicted molar refractivity (Wildman–Crippen MR) is 162 cm³/mol. The second kappa shape index (κ2) is 20.7. The van der Waals surface area contributed by atoms with Crippen molar-refractivity contribution in [3.05, 3.63) is 100 Å². The van der Waals surface area contributed by atoms with Crippen molar-refractivity contribution >= 4 is 0 Å². The summed E-state index contributed by atoms with van der Waals surface area (Å²) in [5.41, 5.74) is 7.72. The van der Waals surface area contributed by atoms with Gasteiger partial charge in [-0.25, -0.2) is 0 Å². The van der Waals surface area contributed by atoms with E-state index in [1.54, 1.807) is 0 Å². The largest absolute Gasteiger partial charge is 0.317 e. The van der Waals surface area contributed by atoms with Crippen LogP contribution in [0.1, 0.15) is 86.4 Å². The third kappa shape index (κ3) is 19.8. The molecule has 2 aromatic carbocycles. The maximum atomic E-state index is 4.04. The summed E-state index contributed by atoms with van der Waals surface area (Å²) in [6, 6.07) is 21.8. The summed E-state index contributed by atoms with van der Waals surface area (Å²) in [5, 5.41) is 3.26. The molecule has 0 amide bonds. The molecule has 1 heterocycles. The highest BCUT2D eigenvalue weighted by atomic mass is 14.9. The molecule has 0 saturated heterocycles. The minimum atomic E-state index is 0.847. The Morgan fingerprint density at radius 1 is 0.722 bits per heavy atom. The third-order valence-corrected chi connectivity index (χ3v) is 5.98. The van der Waals surface area contributed by atoms with Crippen LogP contribution in [0.15, 0.2) is 66.9 Å². The van der Waals surface area contributed by atoms with Crippen LogP contribution in [-0.4, -0.2) is 18.1 Å². The van der Waals surface area contributed by atoms with Crippen molar-refractivity contribution in [1.82, 2.24) is 10.3 Å². The molecule has 1 aromatic heterocycles. The van der Waals surface area contributed by atoms with E-state index < -0.39 is 0 Å². The van der Waals surface area contributed by atoms with Crippen LogP contribution in [0.4, 0.5) is 0 Å². The molecule has 36 heavy (non-hydrogen) atoms. The van der Waals surface area contributed by atoms with Crippen molar-refractivity contribution in [3.63, 3.8) is 0 Å². The van der Waals surface area contributed by atoms with Crippen LogP contribution >= 0.6 is 0 Å². The van der Waals surface area contributed by atoms with Crippen molar-refractivity contribution in [2.45, 2.75) is 100 Å². The van der Waals surface area contributed by atoms with E-state index in [0.29, 0.717) is 0 Å². The summed E-state index contributed by atoms with van der Waals surface area (Å²) in [6.45, 7) is 19.1. The zero-order chi connectivity index (χ0) is 27.3. The Hall–Kier alpha value is -2.45. The van der Waals surface area contributed by atoms with E-state index in [1.165, 1.54) is 59.9 Å². The second-order valence-corrected chi connectivity index (χ2v) is 10.4. The van der Waals surface area contributed by atoms with E-state index in [4.69, 9.17) is 0 Å². The molecule has 0 aliphatic heterocycles. The quantitative estimate of drug-likeness (QED) is 0.387. The fraction of sp³-hybridized carbons (Fsp3) is 0.500. The van der Waals surface area contributed by atoms with Gasteiger partial charge in [-0.15, -0.1) is 0 Å². The normalized spacial score (nSPS) is 12.1. The first-order chi connectivity index (χ1) is 17.1. The van der Waals surface area contributed by atoms with Gasteiger partial charge in [-0.05, 0) is 85.0 Å². The lowest BCUT2D eigenvalue weighted by atomic mass is 10.2. The first-order valence-corrected chi connectivity index (χ1v) is 13.7. The molecular weight excluding hydrogens is 436 g/mol. The number of hydrogen-bond donors (Lipinski definition) is 1. The molecule has 0 spiro atoms. The molecule has 2 nitrogen and oxygen atoms in total. The van der Waals surface area contributed by atoms with Crippen LogP contribution in [0.25, 0.3) is 0 Å². The lowest BCUT2D eigenvalue weighted by Gasteiger charge is -2.03. The van der Waals surface area contributed by atoms with Crippen LogP contribution in [0, 0.1) is 47.5 Å². The Morgan fingerprint density at radius 3 is 1.31 bits per heavy atom. The Labute approximate surface area is 224 Å². The molecule has 2 heteroatoms. The number of nitrogens with one attached hydrogen (secondary N) is 1. The van der Waals surface area contributed by atoms with Gasteiger partial charge in [0.2, 0.25) is 0 Å². The fourth-order valence-corrected chi connectivity index (χ4v) is 3.52. The van der Waals surface area contributed by atoms with Crippen molar-refractivity contribution < 1.29 is 0 Å². The Morgan fingerprint density at radius 2 is 1.11 bits per heavy atom. The number of nitrogens with zero attached hydrogens (tertiary/aromatic N) is 1. The van der Waals surface area contributed by atoms with E-state index in [1.807, 2.05) is 19.2 Å². The zero-order valence-corrected chi connectivity index (χ0v) is 25.0. The molecule has 0 bridgehead atoms. The van der Waals surface area contributed by atoms with Gasteiger partial charge in [0.05, 0.1) is 0 Å². The van der Waals surface area contributed by atoms with Crippen LogP contribution in [0.2, 0.25) is 0 Å². The van der Waals surface area contributed by atoms with Crippen molar-refractivity contribution in [3.8, 4) is 0 Å². The van der Waals surface area contributed by atoms with Gasteiger partial charge in [-0.1, -0.05) is 111 Å². The van der Waals surface area contributed by atoms with Crippen molar-refractivity contribution in [2.24, 2.45) is 5.92 Å². The monoisotopic (exact) mass is 490 g/mol. The van der Waals surface area contributed by atoms with Gasteiger partial charge in [-0.2, -0.15) is 0 Å². The minimum Gasteiger partial charge on any atom is -0.317 e. The van der Waals surface area contributed by atoms with E-state index in [2.05, 4.69) is 127 Å². The van der Waals surface area contributed by atoms with Crippen LogP contribution < -0.4 is 5.32 Å². The summed E-state index contributed by atoms with van der Waals surface area (Å²) in [7, 11) is 2.05. The summed E-state index contributed by atoms with van der Waals surface area (Å²) >= 11 is 0. The van der Waals surface area contributed by atoms with Gasteiger partial charge in [0, 0.05) is 17.9 Å². The SMILES string of the molecule is CCC(C)C.CNC1CCCC1.Cc1cccc(C)c1.Cc1cccc(C)c1.Cc1ccnc(C)c1. The molecule has 1 saturated carbocycles. The van der Waals surface area contributed by atoms with Gasteiger partial charge < -0.3 is 5.32 Å². The number of aryl methyl sites for hydroxylation is 6. The molecule has 1 fully saturated rings. The van der Waals surface area contributed by atoms with Gasteiger partial charge in [0.25, 0.3) is 0 Å². The van der Waals surface area contributed by atoms with Gasteiger partial charge >= 0.3 is 0 Å². The number of aromatic nitrogens is 1. The number of rotatable bonds is 2. The maximum Gasteiger partial charge on any atom is 0.0375 e. The van der Waals surface area contributed by atoms with Gasteiger partial charge in [0.15, 0.2) is 0 Å². The summed E-state index contributed by atoms with van der Waals surface area (Å²) in [6.07, 6.45) is 8.80. The molecule has 1 N–H and O–H groups in total. The lowest BCUT2D eigenvalue weighted by molar-refractivity contribution is 0.582. The molecule has 0 atom stereocenters. The first-order valence-electron chi connectivity index (χ1n) is 13.7. The number of hydrogen-bond acceptors (Lipinski definition) is 2. The van der Waals surface area contributed by atoms with Crippen molar-refractivity contribution in [1.29, 1.82) is 0 Å². The van der Waals surface area contributed by atoms with E-state index in [0.717, 1.165) is 17.7 Å². The maximum absolute atomic E-state index is 4.04. The van der Waals surface area contributed by atoms with Crippen LogP contribution in [0.3, 0.4) is 0 Å². The Balaban J connectivity index is 0.000000430. The highest BCUT2D eigenvalue weighted by Gasteiger charge is 2.10. The molecule has 0 unspecified atom stereocenters. The predicted octanol–water partition coefficient (Wildman–Crippen LogP) is 9.51. The number of pyridine rings is 1. The molecule has 200 valence electrons. The summed E-state index contributed by atoms with van der Waals surface area (Å²) < 4.78 is 0. The van der Waals surface area contributed by atoms with E-state index in [9.17, 15) is 0 Å². The smallest absolute Gasteiger partial charge is 0.0375 e. The zero-order valence-electron chi connectivity index (χ0n) is 25.0. The van der Waals surface area contributed by atoms with Crippen molar-refractivity contribution in [2.75, 3.05) is 7.05 Å². The molecule has 4 rings (SSSR count). The Kier molecular flexibility index (Phi) is 19.3. The van der Waals surface area contributed by atoms with Gasteiger partial charge in [0.1, 0.15) is 0 Å².